The standard InChI is InChI=1S/C12H13N3O2/c1-7-14-10(6-12(16)15-7)9-5-8(13)3-4-11(9)17-2/h3-6H,13H2,1-2H3,(H,14,15,16). The number of hydrogen-bond donors (Lipinski definition) is 2. The number of H-pyrrole nitrogens is 1. The van der Waals surface area contributed by atoms with Crippen molar-refractivity contribution in [3.63, 3.8) is 0 Å². The molecule has 2 rings (SSSR count). The molecule has 0 saturated heterocycles. The van der Waals surface area contributed by atoms with Gasteiger partial charge in [0.15, 0.2) is 0 Å². The van der Waals surface area contributed by atoms with Gasteiger partial charge in [-0.15, -0.1) is 0 Å². The summed E-state index contributed by atoms with van der Waals surface area (Å²) >= 11 is 0. The van der Waals surface area contributed by atoms with Crippen molar-refractivity contribution in [1.29, 1.82) is 0 Å². The molecule has 0 aliphatic heterocycles. The zero-order chi connectivity index (χ0) is 12.4. The van der Waals surface area contributed by atoms with Crippen LogP contribution < -0.4 is 16.0 Å². The molecule has 1 heterocycles. The minimum atomic E-state index is -0.197. The summed E-state index contributed by atoms with van der Waals surface area (Å²) in [6.07, 6.45) is 0. The van der Waals surface area contributed by atoms with E-state index in [4.69, 9.17) is 10.5 Å². The van der Waals surface area contributed by atoms with Gasteiger partial charge < -0.3 is 15.5 Å². The van der Waals surface area contributed by atoms with Gasteiger partial charge in [0, 0.05) is 17.3 Å². The normalized spacial score (nSPS) is 10.2. The van der Waals surface area contributed by atoms with Gasteiger partial charge in [0.05, 0.1) is 12.8 Å². The summed E-state index contributed by atoms with van der Waals surface area (Å²) in [6, 6.07) is 6.65. The lowest BCUT2D eigenvalue weighted by atomic mass is 10.1. The fraction of sp³-hybridized carbons (Fsp3) is 0.167. The lowest BCUT2D eigenvalue weighted by Crippen LogP contribution is -2.08. The van der Waals surface area contributed by atoms with Crippen LogP contribution in [0.4, 0.5) is 5.69 Å². The van der Waals surface area contributed by atoms with Crippen molar-refractivity contribution in [2.24, 2.45) is 0 Å². The number of nitrogen functional groups attached to an aromatic ring is 1. The number of nitrogens with zero attached hydrogens (tertiary/aromatic N) is 1. The Kier molecular flexibility index (Phi) is 2.82. The average Bonchev–Trinajstić information content (AvgIpc) is 2.27. The highest BCUT2D eigenvalue weighted by Crippen LogP contribution is 2.29. The fourth-order valence-corrected chi connectivity index (χ4v) is 1.64. The van der Waals surface area contributed by atoms with E-state index in [1.807, 2.05) is 0 Å². The summed E-state index contributed by atoms with van der Waals surface area (Å²) in [4.78, 5) is 18.3. The number of anilines is 1. The molecule has 17 heavy (non-hydrogen) atoms. The van der Waals surface area contributed by atoms with Gasteiger partial charge in [-0.1, -0.05) is 0 Å². The van der Waals surface area contributed by atoms with E-state index in [0.29, 0.717) is 28.5 Å². The zero-order valence-electron chi connectivity index (χ0n) is 9.65. The van der Waals surface area contributed by atoms with E-state index >= 15 is 0 Å². The molecule has 0 aliphatic carbocycles. The highest BCUT2D eigenvalue weighted by molar-refractivity contribution is 5.71. The molecule has 0 unspecified atom stereocenters. The third-order valence-electron chi connectivity index (χ3n) is 2.36. The van der Waals surface area contributed by atoms with Crippen LogP contribution in [0.25, 0.3) is 11.3 Å². The molecule has 0 amide bonds. The van der Waals surface area contributed by atoms with Crippen LogP contribution in [0.15, 0.2) is 29.1 Å². The molecule has 0 saturated carbocycles. The van der Waals surface area contributed by atoms with Gasteiger partial charge in [-0.2, -0.15) is 0 Å². The minimum Gasteiger partial charge on any atom is -0.496 e. The topological polar surface area (TPSA) is 81.0 Å². The van der Waals surface area contributed by atoms with Gasteiger partial charge in [-0.3, -0.25) is 4.79 Å². The summed E-state index contributed by atoms with van der Waals surface area (Å²) in [5.74, 6) is 1.19. The van der Waals surface area contributed by atoms with E-state index < -0.39 is 0 Å². The summed E-state index contributed by atoms with van der Waals surface area (Å²) in [5.41, 5.74) is 7.39. The molecule has 0 aliphatic rings. The Morgan fingerprint density at radius 1 is 1.35 bits per heavy atom. The van der Waals surface area contributed by atoms with E-state index in [1.54, 1.807) is 32.2 Å². The summed E-state index contributed by atoms with van der Waals surface area (Å²) < 4.78 is 5.23. The first-order chi connectivity index (χ1) is 8.10. The Balaban J connectivity index is 2.66. The van der Waals surface area contributed by atoms with Gasteiger partial charge in [0.1, 0.15) is 11.6 Å². The monoisotopic (exact) mass is 231 g/mol. The fourth-order valence-electron chi connectivity index (χ4n) is 1.64. The Bertz CT molecular complexity index is 605. The van der Waals surface area contributed by atoms with Crippen LogP contribution in [0, 0.1) is 6.92 Å². The van der Waals surface area contributed by atoms with Crippen molar-refractivity contribution in [2.45, 2.75) is 6.92 Å². The third kappa shape index (κ3) is 2.28. The number of nitrogens with two attached hydrogens (primary N) is 1. The molecular weight excluding hydrogens is 218 g/mol. The molecule has 88 valence electrons. The van der Waals surface area contributed by atoms with E-state index in [2.05, 4.69) is 9.97 Å². The molecule has 0 bridgehead atoms. The number of benzene rings is 1. The smallest absolute Gasteiger partial charge is 0.251 e. The van der Waals surface area contributed by atoms with Crippen molar-refractivity contribution in [3.8, 4) is 17.0 Å². The molecule has 2 aromatic rings. The predicted molar refractivity (Wildman–Crippen MR) is 66.0 cm³/mol. The molecule has 0 radical (unpaired) electrons. The number of aromatic nitrogens is 2. The summed E-state index contributed by atoms with van der Waals surface area (Å²) in [5, 5.41) is 0. The van der Waals surface area contributed by atoms with Crippen LogP contribution in [0.5, 0.6) is 5.75 Å². The first kappa shape index (κ1) is 11.2. The number of aryl methyl sites for hydroxylation is 1. The first-order valence-corrected chi connectivity index (χ1v) is 5.12. The second kappa shape index (κ2) is 4.29. The maximum Gasteiger partial charge on any atom is 0.251 e. The minimum absolute atomic E-state index is 0.197. The maximum absolute atomic E-state index is 11.4. The van der Waals surface area contributed by atoms with E-state index in [9.17, 15) is 4.79 Å². The van der Waals surface area contributed by atoms with Gasteiger partial charge in [-0.25, -0.2) is 4.98 Å². The van der Waals surface area contributed by atoms with Crippen LogP contribution in [0.1, 0.15) is 5.82 Å². The molecule has 0 atom stereocenters. The largest absolute Gasteiger partial charge is 0.496 e. The number of aromatic amines is 1. The van der Waals surface area contributed by atoms with Gasteiger partial charge in [-0.05, 0) is 25.1 Å². The van der Waals surface area contributed by atoms with Crippen molar-refractivity contribution < 1.29 is 4.74 Å². The number of hydrogen-bond acceptors (Lipinski definition) is 4. The lowest BCUT2D eigenvalue weighted by Gasteiger charge is -2.08. The Labute approximate surface area is 98.3 Å². The van der Waals surface area contributed by atoms with Crippen molar-refractivity contribution >= 4 is 5.69 Å². The average molecular weight is 231 g/mol. The highest BCUT2D eigenvalue weighted by atomic mass is 16.5. The predicted octanol–water partition coefficient (Wildman–Crippen LogP) is 1.34. The molecule has 3 N–H and O–H groups in total. The van der Waals surface area contributed by atoms with Crippen molar-refractivity contribution in [2.75, 3.05) is 12.8 Å². The molecule has 0 fully saturated rings. The van der Waals surface area contributed by atoms with Gasteiger partial charge in [0.2, 0.25) is 0 Å². The van der Waals surface area contributed by atoms with E-state index in [0.717, 1.165) is 0 Å². The Hall–Kier alpha value is -2.30. The van der Waals surface area contributed by atoms with Crippen molar-refractivity contribution in [3.05, 3.63) is 40.4 Å². The zero-order valence-corrected chi connectivity index (χ0v) is 9.65. The molecule has 1 aromatic carbocycles. The second-order valence-electron chi connectivity index (χ2n) is 3.68. The molecule has 1 aromatic heterocycles. The van der Waals surface area contributed by atoms with Gasteiger partial charge >= 0.3 is 0 Å². The van der Waals surface area contributed by atoms with Crippen molar-refractivity contribution in [1.82, 2.24) is 9.97 Å². The van der Waals surface area contributed by atoms with Gasteiger partial charge in [0.25, 0.3) is 5.56 Å². The van der Waals surface area contributed by atoms with Crippen LogP contribution in [-0.4, -0.2) is 17.1 Å². The molecular formula is C12H13N3O2. The summed E-state index contributed by atoms with van der Waals surface area (Å²) in [7, 11) is 1.56. The van der Waals surface area contributed by atoms with Crippen LogP contribution in [-0.2, 0) is 0 Å². The molecule has 5 heteroatoms. The van der Waals surface area contributed by atoms with E-state index in [-0.39, 0.29) is 5.56 Å². The van der Waals surface area contributed by atoms with E-state index in [1.165, 1.54) is 6.07 Å². The molecule has 0 spiro atoms. The number of ether oxygens (including phenoxy) is 1. The number of rotatable bonds is 2. The number of methoxy groups -OCH3 is 1. The summed E-state index contributed by atoms with van der Waals surface area (Å²) in [6.45, 7) is 1.73. The number of nitrogens with one attached hydrogen (secondary N) is 1. The third-order valence-corrected chi connectivity index (χ3v) is 2.36. The lowest BCUT2D eigenvalue weighted by molar-refractivity contribution is 0.416. The quantitative estimate of drug-likeness (QED) is 0.764. The molecule has 5 nitrogen and oxygen atoms in total. The van der Waals surface area contributed by atoms with Crippen LogP contribution >= 0.6 is 0 Å². The first-order valence-electron chi connectivity index (χ1n) is 5.12. The highest BCUT2D eigenvalue weighted by Gasteiger charge is 2.09. The Morgan fingerprint density at radius 2 is 2.12 bits per heavy atom. The maximum atomic E-state index is 11.4. The second-order valence-corrected chi connectivity index (χ2v) is 3.68. The SMILES string of the molecule is COc1ccc(N)cc1-c1cc(=O)[nH]c(C)n1. The van der Waals surface area contributed by atoms with Crippen LogP contribution in [0.2, 0.25) is 0 Å². The van der Waals surface area contributed by atoms with Crippen LogP contribution in [0.3, 0.4) is 0 Å². The Morgan fingerprint density at radius 3 is 2.76 bits per heavy atom.